The predicted molar refractivity (Wildman–Crippen MR) is 87.6 cm³/mol. The Morgan fingerprint density at radius 2 is 1.88 bits per heavy atom. The van der Waals surface area contributed by atoms with Crippen LogP contribution >= 0.6 is 0 Å². The summed E-state index contributed by atoms with van der Waals surface area (Å²) in [7, 11) is 0. The number of benzene rings is 2. The van der Waals surface area contributed by atoms with Gasteiger partial charge in [-0.1, -0.05) is 12.1 Å². The Kier molecular flexibility index (Phi) is 4.76. The Balaban J connectivity index is 1.83. The average molecular weight is 332 g/mol. The monoisotopic (exact) mass is 332 g/mol. The highest BCUT2D eigenvalue weighted by molar-refractivity contribution is 5.94. The number of carbonyl (C=O) groups is 1. The molecule has 0 saturated carbocycles. The summed E-state index contributed by atoms with van der Waals surface area (Å²) in [6.07, 6.45) is 0.762. The van der Waals surface area contributed by atoms with Crippen LogP contribution in [0.15, 0.2) is 42.5 Å². The molecule has 24 heavy (non-hydrogen) atoms. The first kappa shape index (κ1) is 16.4. The molecular formula is C18H18F2N2O2. The number of aliphatic hydroxyl groups is 1. The third-order valence-electron chi connectivity index (χ3n) is 4.21. The molecule has 3 rings (SSSR count). The highest BCUT2D eigenvalue weighted by atomic mass is 19.1. The van der Waals surface area contributed by atoms with Gasteiger partial charge in [0.15, 0.2) is 0 Å². The van der Waals surface area contributed by atoms with Crippen LogP contribution in [0.2, 0.25) is 0 Å². The maximum atomic E-state index is 13.6. The molecule has 0 aliphatic carbocycles. The first-order chi connectivity index (χ1) is 11.6. The van der Waals surface area contributed by atoms with E-state index in [1.165, 1.54) is 42.5 Å². The van der Waals surface area contributed by atoms with Crippen LogP contribution in [0.1, 0.15) is 6.42 Å². The lowest BCUT2D eigenvalue weighted by atomic mass is 10.0. The molecule has 1 aliphatic rings. The molecule has 4 nitrogen and oxygen atoms in total. The number of amides is 2. The summed E-state index contributed by atoms with van der Waals surface area (Å²) < 4.78 is 26.7. The third kappa shape index (κ3) is 3.54. The van der Waals surface area contributed by atoms with Crippen LogP contribution in [-0.2, 0) is 0 Å². The van der Waals surface area contributed by atoms with Crippen molar-refractivity contribution in [3.8, 4) is 11.1 Å². The number of anilines is 1. The highest BCUT2D eigenvalue weighted by Gasteiger charge is 2.26. The van der Waals surface area contributed by atoms with Gasteiger partial charge in [-0.15, -0.1) is 0 Å². The van der Waals surface area contributed by atoms with E-state index in [0.29, 0.717) is 29.9 Å². The second-order valence-corrected chi connectivity index (χ2v) is 5.91. The normalized spacial score (nSPS) is 17.1. The number of nitrogens with zero attached hydrogens (tertiary/aromatic N) is 1. The second kappa shape index (κ2) is 6.97. The highest BCUT2D eigenvalue weighted by Crippen LogP contribution is 2.29. The molecule has 6 heteroatoms. The van der Waals surface area contributed by atoms with Crippen molar-refractivity contribution in [1.82, 2.24) is 4.90 Å². The lowest BCUT2D eigenvalue weighted by Gasteiger charge is -2.19. The number of rotatable bonds is 3. The average Bonchev–Trinajstić information content (AvgIpc) is 3.06. The molecule has 1 atom stereocenters. The van der Waals surface area contributed by atoms with Gasteiger partial charge < -0.3 is 15.3 Å². The Hall–Kier alpha value is -2.47. The molecule has 2 aromatic carbocycles. The lowest BCUT2D eigenvalue weighted by Crippen LogP contribution is -2.33. The van der Waals surface area contributed by atoms with Crippen LogP contribution in [0.5, 0.6) is 0 Å². The molecule has 1 aliphatic heterocycles. The summed E-state index contributed by atoms with van der Waals surface area (Å²) in [5.41, 5.74) is 1.56. The van der Waals surface area contributed by atoms with Crippen molar-refractivity contribution >= 4 is 11.7 Å². The largest absolute Gasteiger partial charge is 0.396 e. The number of halogens is 2. The smallest absolute Gasteiger partial charge is 0.321 e. The van der Waals surface area contributed by atoms with E-state index in [1.807, 2.05) is 0 Å². The number of nitrogens with one attached hydrogen (secondary N) is 1. The number of carbonyl (C=O) groups excluding carboxylic acids is 1. The van der Waals surface area contributed by atoms with E-state index in [-0.39, 0.29) is 24.4 Å². The molecule has 1 fully saturated rings. The zero-order valence-corrected chi connectivity index (χ0v) is 13.0. The molecule has 1 unspecified atom stereocenters. The maximum absolute atomic E-state index is 13.6. The molecule has 2 amide bonds. The van der Waals surface area contributed by atoms with Gasteiger partial charge in [0, 0.05) is 31.2 Å². The van der Waals surface area contributed by atoms with Crippen molar-refractivity contribution < 1.29 is 18.7 Å². The molecule has 1 saturated heterocycles. The van der Waals surface area contributed by atoms with Crippen LogP contribution in [0.25, 0.3) is 11.1 Å². The molecule has 1 heterocycles. The minimum absolute atomic E-state index is 0.0567. The lowest BCUT2D eigenvalue weighted by molar-refractivity contribution is 0.209. The van der Waals surface area contributed by atoms with E-state index in [2.05, 4.69) is 5.32 Å². The fraction of sp³-hybridized carbons (Fsp3) is 0.278. The van der Waals surface area contributed by atoms with Gasteiger partial charge in [-0.25, -0.2) is 13.6 Å². The van der Waals surface area contributed by atoms with Gasteiger partial charge in [-0.2, -0.15) is 0 Å². The van der Waals surface area contributed by atoms with Crippen molar-refractivity contribution in [3.63, 3.8) is 0 Å². The summed E-state index contributed by atoms with van der Waals surface area (Å²) in [5.74, 6) is -0.720. The number of hydrogen-bond acceptors (Lipinski definition) is 2. The third-order valence-corrected chi connectivity index (χ3v) is 4.21. The zero-order chi connectivity index (χ0) is 17.1. The Morgan fingerprint density at radius 3 is 2.54 bits per heavy atom. The van der Waals surface area contributed by atoms with Gasteiger partial charge in [0.1, 0.15) is 11.6 Å². The summed E-state index contributed by atoms with van der Waals surface area (Å²) in [5, 5.41) is 12.0. The quantitative estimate of drug-likeness (QED) is 0.904. The SMILES string of the molecule is O=C(Nc1ccc(F)cc1-c1ccc(F)cc1)N1CCC(CO)C1. The fourth-order valence-electron chi connectivity index (χ4n) is 2.85. The molecular weight excluding hydrogens is 314 g/mol. The molecule has 0 radical (unpaired) electrons. The van der Waals surface area contributed by atoms with Crippen molar-refractivity contribution in [3.05, 3.63) is 54.1 Å². The maximum Gasteiger partial charge on any atom is 0.321 e. The van der Waals surface area contributed by atoms with Crippen molar-refractivity contribution in [2.45, 2.75) is 6.42 Å². The van der Waals surface area contributed by atoms with E-state index < -0.39 is 5.82 Å². The Morgan fingerprint density at radius 1 is 1.17 bits per heavy atom. The molecule has 0 spiro atoms. The van der Waals surface area contributed by atoms with E-state index >= 15 is 0 Å². The molecule has 0 aromatic heterocycles. The number of aliphatic hydroxyl groups excluding tert-OH is 1. The Labute approximate surface area is 138 Å². The van der Waals surface area contributed by atoms with Crippen molar-refractivity contribution in [1.29, 1.82) is 0 Å². The zero-order valence-electron chi connectivity index (χ0n) is 13.0. The van der Waals surface area contributed by atoms with Gasteiger partial charge >= 0.3 is 6.03 Å². The standard InChI is InChI=1S/C18H18F2N2O2/c19-14-3-1-13(2-4-14)16-9-15(20)5-6-17(16)21-18(24)22-8-7-12(10-22)11-23/h1-6,9,12,23H,7-8,10-11H2,(H,21,24). The van der Waals surface area contributed by atoms with Crippen molar-refractivity contribution in [2.75, 3.05) is 25.0 Å². The summed E-state index contributed by atoms with van der Waals surface area (Å²) in [6, 6.07) is 9.43. The van der Waals surface area contributed by atoms with E-state index in [1.54, 1.807) is 4.90 Å². The number of urea groups is 1. The topological polar surface area (TPSA) is 52.6 Å². The van der Waals surface area contributed by atoms with E-state index in [0.717, 1.165) is 6.42 Å². The van der Waals surface area contributed by atoms with Crippen molar-refractivity contribution in [2.24, 2.45) is 5.92 Å². The van der Waals surface area contributed by atoms with Gasteiger partial charge in [0.25, 0.3) is 0 Å². The van der Waals surface area contributed by atoms with Crippen LogP contribution in [0, 0.1) is 17.6 Å². The van der Waals surface area contributed by atoms with E-state index in [9.17, 15) is 18.7 Å². The summed E-state index contributed by atoms with van der Waals surface area (Å²) in [4.78, 5) is 14.0. The molecule has 0 bridgehead atoms. The van der Waals surface area contributed by atoms with Crippen LogP contribution < -0.4 is 5.32 Å². The Bertz CT molecular complexity index is 734. The number of likely N-dealkylation sites (tertiary alicyclic amines) is 1. The minimum atomic E-state index is -0.436. The van der Waals surface area contributed by atoms with Gasteiger partial charge in [0.2, 0.25) is 0 Å². The molecule has 2 aromatic rings. The van der Waals surface area contributed by atoms with Crippen LogP contribution in [0.4, 0.5) is 19.3 Å². The van der Waals surface area contributed by atoms with Crippen LogP contribution in [-0.4, -0.2) is 35.7 Å². The molecule has 126 valence electrons. The van der Waals surface area contributed by atoms with Crippen LogP contribution in [0.3, 0.4) is 0 Å². The minimum Gasteiger partial charge on any atom is -0.396 e. The second-order valence-electron chi connectivity index (χ2n) is 5.91. The van der Waals surface area contributed by atoms with Gasteiger partial charge in [-0.3, -0.25) is 0 Å². The van der Waals surface area contributed by atoms with Gasteiger partial charge in [-0.05, 0) is 42.3 Å². The number of hydrogen-bond donors (Lipinski definition) is 2. The fourth-order valence-corrected chi connectivity index (χ4v) is 2.85. The summed E-state index contributed by atoms with van der Waals surface area (Å²) >= 11 is 0. The van der Waals surface area contributed by atoms with Gasteiger partial charge in [0.05, 0.1) is 5.69 Å². The summed E-state index contributed by atoms with van der Waals surface area (Å²) in [6.45, 7) is 1.13. The first-order valence-electron chi connectivity index (χ1n) is 7.79. The molecule has 2 N–H and O–H groups in total. The predicted octanol–water partition coefficient (Wildman–Crippen LogP) is 3.48. The van der Waals surface area contributed by atoms with E-state index in [4.69, 9.17) is 0 Å². The first-order valence-corrected chi connectivity index (χ1v) is 7.79.